The number of nitrogens with zero attached hydrogens (tertiary/aromatic N) is 6. The van der Waals surface area contributed by atoms with Gasteiger partial charge in [0, 0.05) is 18.9 Å². The molecule has 1 aliphatic heterocycles. The van der Waals surface area contributed by atoms with Crippen LogP contribution in [-0.2, 0) is 0 Å². The fourth-order valence-electron chi connectivity index (χ4n) is 2.36. The van der Waals surface area contributed by atoms with Crippen molar-refractivity contribution in [3.8, 4) is 23.0 Å². The van der Waals surface area contributed by atoms with E-state index in [1.807, 2.05) is 42.5 Å². The Labute approximate surface area is 139 Å². The van der Waals surface area contributed by atoms with Crippen LogP contribution in [0.15, 0.2) is 65.9 Å². The molecule has 1 aliphatic rings. The first-order chi connectivity index (χ1) is 11.9. The van der Waals surface area contributed by atoms with E-state index in [4.69, 9.17) is 0 Å². The van der Waals surface area contributed by atoms with Crippen LogP contribution in [0.25, 0.3) is 23.0 Å². The minimum absolute atomic E-state index is 0.517. The Bertz CT molecular complexity index is 846. The Hall–Kier alpha value is -3.28. The summed E-state index contributed by atoms with van der Waals surface area (Å²) in [5.74, 6) is 1.58. The van der Waals surface area contributed by atoms with Crippen LogP contribution in [0.5, 0.6) is 0 Å². The number of hydrogen-bond donors (Lipinski definition) is 0. The van der Waals surface area contributed by atoms with Crippen LogP contribution in [0.1, 0.15) is 12.2 Å². The summed E-state index contributed by atoms with van der Waals surface area (Å²) in [6, 6.07) is 11.3. The molecule has 0 fully saturated rings. The molecule has 0 aliphatic carbocycles. The molecule has 0 amide bonds. The second kappa shape index (κ2) is 6.45. The van der Waals surface area contributed by atoms with Crippen LogP contribution in [-0.4, -0.2) is 37.2 Å². The molecule has 4 rings (SSSR count). The molecule has 0 bridgehead atoms. The van der Waals surface area contributed by atoms with E-state index in [1.54, 1.807) is 12.4 Å². The standard InChI is InChI=1S/C18H14N6/c1-4-10-19-13(7-1)16-22-17(14-8-2-5-11-20-14)24-18(23-16)15-9-3-6-12-21-15/h1-5,7-11H,6,12H2. The summed E-state index contributed by atoms with van der Waals surface area (Å²) >= 11 is 0. The predicted molar refractivity (Wildman–Crippen MR) is 91.5 cm³/mol. The molecule has 3 aromatic rings. The first-order valence-corrected chi connectivity index (χ1v) is 7.70. The topological polar surface area (TPSA) is 76.8 Å². The maximum atomic E-state index is 4.56. The van der Waals surface area contributed by atoms with Crippen LogP contribution >= 0.6 is 0 Å². The zero-order valence-corrected chi connectivity index (χ0v) is 12.9. The zero-order valence-electron chi connectivity index (χ0n) is 12.9. The van der Waals surface area contributed by atoms with Crippen LogP contribution in [0, 0.1) is 0 Å². The zero-order chi connectivity index (χ0) is 16.2. The predicted octanol–water partition coefficient (Wildman–Crippen LogP) is 2.74. The molecule has 0 radical (unpaired) electrons. The molecule has 0 saturated heterocycles. The van der Waals surface area contributed by atoms with E-state index in [-0.39, 0.29) is 0 Å². The second-order valence-corrected chi connectivity index (χ2v) is 5.19. The van der Waals surface area contributed by atoms with Gasteiger partial charge in [-0.25, -0.2) is 15.0 Å². The van der Waals surface area contributed by atoms with Crippen LogP contribution in [0.2, 0.25) is 0 Å². The summed E-state index contributed by atoms with van der Waals surface area (Å²) in [5, 5.41) is 0. The van der Waals surface area contributed by atoms with Gasteiger partial charge in [0.1, 0.15) is 17.1 Å². The lowest BCUT2D eigenvalue weighted by Crippen LogP contribution is -2.11. The van der Waals surface area contributed by atoms with Crippen molar-refractivity contribution >= 4 is 5.71 Å². The number of rotatable bonds is 3. The molecule has 6 nitrogen and oxygen atoms in total. The lowest BCUT2D eigenvalue weighted by atomic mass is 10.2. The highest BCUT2D eigenvalue weighted by Gasteiger charge is 2.15. The van der Waals surface area contributed by atoms with Crippen molar-refractivity contribution in [1.29, 1.82) is 0 Å². The lowest BCUT2D eigenvalue weighted by molar-refractivity contribution is 0.971. The molecule has 0 saturated carbocycles. The number of dihydropyridines is 1. The Morgan fingerprint density at radius 1 is 0.708 bits per heavy atom. The maximum absolute atomic E-state index is 4.56. The van der Waals surface area contributed by atoms with Crippen molar-refractivity contribution in [2.24, 2.45) is 4.99 Å². The summed E-state index contributed by atoms with van der Waals surface area (Å²) in [5.41, 5.74) is 2.15. The van der Waals surface area contributed by atoms with Gasteiger partial charge in [0.05, 0.1) is 0 Å². The summed E-state index contributed by atoms with van der Waals surface area (Å²) in [6.07, 6.45) is 8.40. The van der Waals surface area contributed by atoms with E-state index in [1.165, 1.54) is 0 Å². The largest absolute Gasteiger partial charge is 0.281 e. The highest BCUT2D eigenvalue weighted by Crippen LogP contribution is 2.18. The highest BCUT2D eigenvalue weighted by molar-refractivity contribution is 6.06. The van der Waals surface area contributed by atoms with Gasteiger partial charge in [-0.2, -0.15) is 0 Å². The summed E-state index contributed by atoms with van der Waals surface area (Å²) in [4.78, 5) is 26.8. The van der Waals surface area contributed by atoms with Crippen LogP contribution in [0.4, 0.5) is 0 Å². The van der Waals surface area contributed by atoms with Gasteiger partial charge in [-0.15, -0.1) is 0 Å². The van der Waals surface area contributed by atoms with Crippen molar-refractivity contribution in [2.75, 3.05) is 6.54 Å². The SMILES string of the molecule is C1=CC(c2nc(-c3ccccn3)nc(-c3ccccn3)n2)=NCC1. The fourth-order valence-corrected chi connectivity index (χ4v) is 2.36. The second-order valence-electron chi connectivity index (χ2n) is 5.19. The average molecular weight is 314 g/mol. The Kier molecular flexibility index (Phi) is 3.85. The average Bonchev–Trinajstić information content (AvgIpc) is 2.70. The molecule has 0 atom stereocenters. The number of pyridine rings is 2. The van der Waals surface area contributed by atoms with Gasteiger partial charge in [0.15, 0.2) is 17.5 Å². The first-order valence-electron chi connectivity index (χ1n) is 7.70. The van der Waals surface area contributed by atoms with E-state index >= 15 is 0 Å². The third-order valence-electron chi connectivity index (χ3n) is 3.51. The van der Waals surface area contributed by atoms with Gasteiger partial charge in [-0.1, -0.05) is 18.2 Å². The van der Waals surface area contributed by atoms with Crippen molar-refractivity contribution in [1.82, 2.24) is 24.9 Å². The molecule has 0 aromatic carbocycles. The minimum Gasteiger partial charge on any atom is -0.281 e. The molecule has 24 heavy (non-hydrogen) atoms. The molecule has 0 N–H and O–H groups in total. The third-order valence-corrected chi connectivity index (χ3v) is 3.51. The smallest absolute Gasteiger partial charge is 0.182 e. The van der Waals surface area contributed by atoms with Gasteiger partial charge >= 0.3 is 0 Å². The van der Waals surface area contributed by atoms with E-state index in [0.29, 0.717) is 28.9 Å². The van der Waals surface area contributed by atoms with E-state index in [2.05, 4.69) is 36.0 Å². The van der Waals surface area contributed by atoms with Crippen molar-refractivity contribution < 1.29 is 0 Å². The number of allylic oxidation sites excluding steroid dienone is 1. The van der Waals surface area contributed by atoms with Gasteiger partial charge in [-0.3, -0.25) is 15.0 Å². The number of aromatic nitrogens is 5. The Morgan fingerprint density at radius 2 is 1.33 bits per heavy atom. The molecular weight excluding hydrogens is 300 g/mol. The lowest BCUT2D eigenvalue weighted by Gasteiger charge is -2.08. The van der Waals surface area contributed by atoms with Crippen molar-refractivity contribution in [3.05, 3.63) is 66.8 Å². The van der Waals surface area contributed by atoms with Gasteiger partial charge in [0.25, 0.3) is 0 Å². The fraction of sp³-hybridized carbons (Fsp3) is 0.111. The number of aliphatic imine (C=N–C) groups is 1. The minimum atomic E-state index is 0.517. The molecule has 0 unspecified atom stereocenters. The van der Waals surface area contributed by atoms with E-state index in [0.717, 1.165) is 18.7 Å². The normalized spacial score (nSPS) is 13.6. The van der Waals surface area contributed by atoms with Crippen LogP contribution in [0.3, 0.4) is 0 Å². The van der Waals surface area contributed by atoms with Crippen molar-refractivity contribution in [2.45, 2.75) is 6.42 Å². The van der Waals surface area contributed by atoms with Gasteiger partial charge in [-0.05, 0) is 36.8 Å². The summed E-state index contributed by atoms with van der Waals surface area (Å²) in [6.45, 7) is 0.745. The monoisotopic (exact) mass is 314 g/mol. The summed E-state index contributed by atoms with van der Waals surface area (Å²) < 4.78 is 0. The van der Waals surface area contributed by atoms with E-state index in [9.17, 15) is 0 Å². The Balaban J connectivity index is 1.88. The maximum Gasteiger partial charge on any atom is 0.182 e. The van der Waals surface area contributed by atoms with E-state index < -0.39 is 0 Å². The number of hydrogen-bond acceptors (Lipinski definition) is 6. The molecule has 3 aromatic heterocycles. The van der Waals surface area contributed by atoms with Crippen LogP contribution < -0.4 is 0 Å². The quantitative estimate of drug-likeness (QED) is 0.743. The molecule has 6 heteroatoms. The highest BCUT2D eigenvalue weighted by atomic mass is 15.1. The third kappa shape index (κ3) is 2.94. The molecular formula is C18H14N6. The summed E-state index contributed by atoms with van der Waals surface area (Å²) in [7, 11) is 0. The molecule has 116 valence electrons. The molecule has 4 heterocycles. The first kappa shape index (κ1) is 14.3. The van der Waals surface area contributed by atoms with Crippen molar-refractivity contribution in [3.63, 3.8) is 0 Å². The van der Waals surface area contributed by atoms with Gasteiger partial charge in [0.2, 0.25) is 0 Å². The Morgan fingerprint density at radius 3 is 1.83 bits per heavy atom. The molecule has 0 spiro atoms. The van der Waals surface area contributed by atoms with Gasteiger partial charge < -0.3 is 0 Å².